The fraction of sp³-hybridized carbons (Fsp3) is 0.614. The molecule has 0 fully saturated rings. The maximum Gasteiger partial charge on any atom is 0.322 e. The van der Waals surface area contributed by atoms with Crippen LogP contribution in [0, 0.1) is 0 Å². The summed E-state index contributed by atoms with van der Waals surface area (Å²) in [6, 6.07) is 0. The van der Waals surface area contributed by atoms with E-state index in [0.717, 1.165) is 103 Å². The van der Waals surface area contributed by atoms with Crippen LogP contribution in [0.3, 0.4) is 0 Å². The van der Waals surface area contributed by atoms with E-state index in [2.05, 4.69) is 98.2 Å². The van der Waals surface area contributed by atoms with Crippen molar-refractivity contribution in [1.82, 2.24) is 5.32 Å². The molecule has 50 heavy (non-hydrogen) atoms. The van der Waals surface area contributed by atoms with Crippen LogP contribution in [-0.4, -0.2) is 35.6 Å². The highest BCUT2D eigenvalue weighted by Crippen LogP contribution is 2.14. The molecule has 0 bridgehead atoms. The largest absolute Gasteiger partial charge is 0.480 e. The van der Waals surface area contributed by atoms with Crippen LogP contribution in [0.5, 0.6) is 0 Å². The third kappa shape index (κ3) is 37.4. The van der Waals surface area contributed by atoms with Crippen molar-refractivity contribution in [2.45, 2.75) is 168 Å². The molecule has 0 aliphatic heterocycles. The highest BCUT2D eigenvalue weighted by Gasteiger charge is 2.11. The monoisotopic (exact) mass is 694 g/mol. The molecule has 0 aromatic carbocycles. The number of aliphatic carboxylic acids is 1. The van der Waals surface area contributed by atoms with Gasteiger partial charge in [-0.25, -0.2) is 0 Å². The number of carboxylic acid groups (broad SMARTS) is 1. The Balaban J connectivity index is 4.17. The Bertz CT molecular complexity index is 1030. The smallest absolute Gasteiger partial charge is 0.322 e. The number of carboxylic acids is 1. The van der Waals surface area contributed by atoms with Crippen molar-refractivity contribution in [2.24, 2.45) is 0 Å². The number of rotatable bonds is 34. The third-order valence-electron chi connectivity index (χ3n) is 8.04. The van der Waals surface area contributed by atoms with Crippen molar-refractivity contribution in [3.63, 3.8) is 0 Å². The summed E-state index contributed by atoms with van der Waals surface area (Å²) in [6.45, 7) is 4.03. The number of nitrogens with one attached hydrogen (secondary N) is 1. The summed E-state index contributed by atoms with van der Waals surface area (Å²) in [5.74, 6) is -1.38. The Hall–Kier alpha value is -3.41. The lowest BCUT2D eigenvalue weighted by molar-refractivity contribution is -0.147. The number of amides is 1. The summed E-state index contributed by atoms with van der Waals surface area (Å²) in [5.41, 5.74) is 0. The predicted octanol–water partition coefficient (Wildman–Crippen LogP) is 12.0. The summed E-state index contributed by atoms with van der Waals surface area (Å²) in [4.78, 5) is 34.9. The van der Waals surface area contributed by atoms with E-state index in [1.54, 1.807) is 0 Å². The first-order valence-corrected chi connectivity index (χ1v) is 19.7. The summed E-state index contributed by atoms with van der Waals surface area (Å²) >= 11 is 0. The van der Waals surface area contributed by atoms with Crippen molar-refractivity contribution in [2.75, 3.05) is 6.54 Å². The normalized spacial score (nSPS) is 13.0. The van der Waals surface area contributed by atoms with Gasteiger partial charge in [-0.1, -0.05) is 138 Å². The van der Waals surface area contributed by atoms with E-state index in [4.69, 9.17) is 9.84 Å². The van der Waals surface area contributed by atoms with Gasteiger partial charge in [0.25, 0.3) is 0 Å². The van der Waals surface area contributed by atoms with Crippen LogP contribution in [0.1, 0.15) is 162 Å². The van der Waals surface area contributed by atoms with Gasteiger partial charge in [0.2, 0.25) is 5.91 Å². The molecular weight excluding hydrogens is 622 g/mol. The van der Waals surface area contributed by atoms with Crippen LogP contribution in [0.4, 0.5) is 0 Å². The number of hydrogen-bond donors (Lipinski definition) is 2. The first-order valence-electron chi connectivity index (χ1n) is 19.7. The zero-order valence-corrected chi connectivity index (χ0v) is 31.7. The third-order valence-corrected chi connectivity index (χ3v) is 8.04. The Morgan fingerprint density at radius 1 is 0.560 bits per heavy atom. The average molecular weight is 694 g/mol. The summed E-state index contributed by atoms with van der Waals surface area (Å²) in [5, 5.41) is 11.1. The molecule has 0 heterocycles. The van der Waals surface area contributed by atoms with Crippen LogP contribution in [0.15, 0.2) is 85.1 Å². The fourth-order valence-corrected chi connectivity index (χ4v) is 5.14. The average Bonchev–Trinajstić information content (AvgIpc) is 3.10. The molecular formula is C44H71NO5. The molecule has 0 aromatic heterocycles. The summed E-state index contributed by atoms with van der Waals surface area (Å²) in [7, 11) is 0. The standard InChI is InChI=1S/C44H71NO5/c1-3-5-7-9-11-13-14-15-16-17-18-19-20-21-22-23-24-25-27-29-35-39-44(49)50-41(36-32-28-26-12-10-8-6-4-2)37-33-30-31-34-38-42(46)45-40-43(47)48/h5,7,11-13,15-16,18-19,21-22,26,32,36,41H,3-4,6,8-10,14,17,20,23-25,27-31,33-35,37-40H2,1-2H3,(H,45,46)(H,47,48)/b7-5-,13-11-,16-15-,19-18-,22-21-,26-12-,36-32-. The van der Waals surface area contributed by atoms with Gasteiger partial charge in [0.05, 0.1) is 0 Å². The number of ether oxygens (including phenoxy) is 1. The second kappa shape index (κ2) is 38.4. The van der Waals surface area contributed by atoms with Crippen molar-refractivity contribution >= 4 is 17.8 Å². The van der Waals surface area contributed by atoms with Crippen molar-refractivity contribution in [1.29, 1.82) is 0 Å². The molecule has 0 spiro atoms. The van der Waals surface area contributed by atoms with Crippen molar-refractivity contribution in [3.05, 3.63) is 85.1 Å². The molecule has 1 unspecified atom stereocenters. The van der Waals surface area contributed by atoms with Gasteiger partial charge in [0, 0.05) is 12.8 Å². The molecule has 0 aliphatic rings. The Morgan fingerprint density at radius 3 is 1.62 bits per heavy atom. The summed E-state index contributed by atoms with van der Waals surface area (Å²) in [6.07, 6.45) is 52.9. The predicted molar refractivity (Wildman–Crippen MR) is 212 cm³/mol. The van der Waals surface area contributed by atoms with Crippen LogP contribution in [0.2, 0.25) is 0 Å². The Kier molecular flexibility index (Phi) is 35.8. The summed E-state index contributed by atoms with van der Waals surface area (Å²) < 4.78 is 5.86. The van der Waals surface area contributed by atoms with Crippen molar-refractivity contribution < 1.29 is 24.2 Å². The van der Waals surface area contributed by atoms with Crippen LogP contribution >= 0.6 is 0 Å². The zero-order chi connectivity index (χ0) is 36.6. The van der Waals surface area contributed by atoms with Gasteiger partial charge in [-0.05, 0) is 96.0 Å². The molecule has 282 valence electrons. The molecule has 1 amide bonds. The van der Waals surface area contributed by atoms with Gasteiger partial charge >= 0.3 is 11.9 Å². The van der Waals surface area contributed by atoms with E-state index in [1.807, 2.05) is 6.08 Å². The van der Waals surface area contributed by atoms with Crippen LogP contribution < -0.4 is 5.32 Å². The highest BCUT2D eigenvalue weighted by atomic mass is 16.5. The van der Waals surface area contributed by atoms with Gasteiger partial charge in [-0.3, -0.25) is 14.4 Å². The second-order valence-corrected chi connectivity index (χ2v) is 12.8. The number of esters is 1. The SMILES string of the molecule is CC/C=C\C/C=C\C/C=C\C/C=C\C/C=C\CCCCCCCC(=O)OC(/C=C\C/C=C\CCCCC)CCCCCCC(=O)NCC(=O)O. The molecule has 0 rings (SSSR count). The van der Waals surface area contributed by atoms with E-state index in [0.29, 0.717) is 12.8 Å². The van der Waals surface area contributed by atoms with E-state index >= 15 is 0 Å². The molecule has 0 saturated carbocycles. The number of carbonyl (C=O) groups excluding carboxylic acids is 2. The number of hydrogen-bond acceptors (Lipinski definition) is 4. The van der Waals surface area contributed by atoms with Gasteiger partial charge in [-0.15, -0.1) is 0 Å². The lowest BCUT2D eigenvalue weighted by Gasteiger charge is -2.14. The minimum absolute atomic E-state index is 0.122. The number of carbonyl (C=O) groups is 3. The van der Waals surface area contributed by atoms with E-state index in [9.17, 15) is 14.4 Å². The Morgan fingerprint density at radius 2 is 1.04 bits per heavy atom. The highest BCUT2D eigenvalue weighted by molar-refractivity contribution is 5.80. The van der Waals surface area contributed by atoms with Crippen molar-refractivity contribution in [3.8, 4) is 0 Å². The van der Waals surface area contributed by atoms with Gasteiger partial charge in [-0.2, -0.15) is 0 Å². The lowest BCUT2D eigenvalue weighted by atomic mass is 10.1. The van der Waals surface area contributed by atoms with E-state index in [1.165, 1.54) is 32.1 Å². The second-order valence-electron chi connectivity index (χ2n) is 12.8. The molecule has 0 aliphatic carbocycles. The molecule has 6 nitrogen and oxygen atoms in total. The quantitative estimate of drug-likeness (QED) is 0.0397. The molecule has 6 heteroatoms. The topological polar surface area (TPSA) is 92.7 Å². The van der Waals surface area contributed by atoms with E-state index in [-0.39, 0.29) is 24.5 Å². The van der Waals surface area contributed by atoms with Gasteiger partial charge in [0.15, 0.2) is 0 Å². The van der Waals surface area contributed by atoms with Crippen LogP contribution in [0.25, 0.3) is 0 Å². The first kappa shape index (κ1) is 46.6. The molecule has 2 N–H and O–H groups in total. The van der Waals surface area contributed by atoms with Crippen LogP contribution in [-0.2, 0) is 19.1 Å². The molecule has 0 radical (unpaired) electrons. The molecule has 0 saturated heterocycles. The van der Waals surface area contributed by atoms with E-state index < -0.39 is 5.97 Å². The lowest BCUT2D eigenvalue weighted by Crippen LogP contribution is -2.28. The molecule has 1 atom stereocenters. The maximum absolute atomic E-state index is 12.6. The maximum atomic E-state index is 12.6. The number of allylic oxidation sites excluding steroid dienone is 13. The zero-order valence-electron chi connectivity index (χ0n) is 31.7. The Labute approximate surface area is 306 Å². The minimum atomic E-state index is -1.04. The van der Waals surface area contributed by atoms with Gasteiger partial charge < -0.3 is 15.2 Å². The fourth-order valence-electron chi connectivity index (χ4n) is 5.14. The minimum Gasteiger partial charge on any atom is -0.480 e. The first-order chi connectivity index (χ1) is 24.5. The molecule has 0 aromatic rings. The van der Waals surface area contributed by atoms with Gasteiger partial charge in [0.1, 0.15) is 12.6 Å². The number of unbranched alkanes of at least 4 members (excludes halogenated alkanes) is 11.